The van der Waals surface area contributed by atoms with Crippen LogP contribution in [0, 0.1) is 12.3 Å². The summed E-state index contributed by atoms with van der Waals surface area (Å²) in [4.78, 5) is 8.70. The van der Waals surface area contributed by atoms with Crippen molar-refractivity contribution in [2.24, 2.45) is 5.41 Å². The third-order valence-electron chi connectivity index (χ3n) is 4.06. The number of aryl methyl sites for hydroxylation is 1. The lowest BCUT2D eigenvalue weighted by molar-refractivity contribution is 0.361. The first-order chi connectivity index (χ1) is 9.66. The van der Waals surface area contributed by atoms with Gasteiger partial charge in [-0.3, -0.25) is 0 Å². The molecule has 1 aliphatic carbocycles. The van der Waals surface area contributed by atoms with Gasteiger partial charge in [0.25, 0.3) is 5.89 Å². The van der Waals surface area contributed by atoms with Crippen molar-refractivity contribution in [3.63, 3.8) is 0 Å². The zero-order valence-electron chi connectivity index (χ0n) is 12.0. The molecule has 0 spiro atoms. The SMILES string of the molecule is Cc1noc(-c2cccnc2NCC2(C)CCCC2)n1. The molecule has 0 unspecified atom stereocenters. The van der Waals surface area contributed by atoms with Crippen LogP contribution in [0.3, 0.4) is 0 Å². The maximum atomic E-state index is 5.25. The average Bonchev–Trinajstić information content (AvgIpc) is 3.07. The maximum absolute atomic E-state index is 5.25. The highest BCUT2D eigenvalue weighted by Gasteiger charge is 2.28. The lowest BCUT2D eigenvalue weighted by atomic mass is 9.89. The molecule has 5 nitrogen and oxygen atoms in total. The zero-order chi connectivity index (χ0) is 14.0. The van der Waals surface area contributed by atoms with Crippen LogP contribution in [0.15, 0.2) is 22.9 Å². The number of hydrogen-bond acceptors (Lipinski definition) is 5. The molecule has 0 atom stereocenters. The molecule has 3 rings (SSSR count). The lowest BCUT2D eigenvalue weighted by Gasteiger charge is -2.24. The van der Waals surface area contributed by atoms with Crippen LogP contribution in [0.4, 0.5) is 5.82 Å². The fourth-order valence-corrected chi connectivity index (χ4v) is 2.83. The molecule has 0 bridgehead atoms. The number of hydrogen-bond donors (Lipinski definition) is 1. The van der Waals surface area contributed by atoms with Gasteiger partial charge >= 0.3 is 0 Å². The van der Waals surface area contributed by atoms with E-state index in [1.54, 1.807) is 6.20 Å². The molecule has 0 radical (unpaired) electrons. The second-order valence-electron chi connectivity index (χ2n) is 5.92. The van der Waals surface area contributed by atoms with Crippen LogP contribution in [-0.2, 0) is 0 Å². The molecule has 1 saturated carbocycles. The quantitative estimate of drug-likeness (QED) is 0.923. The van der Waals surface area contributed by atoms with Crippen molar-refractivity contribution in [3.8, 4) is 11.5 Å². The zero-order valence-corrected chi connectivity index (χ0v) is 12.0. The summed E-state index contributed by atoms with van der Waals surface area (Å²) in [6.45, 7) is 5.09. The monoisotopic (exact) mass is 272 g/mol. The summed E-state index contributed by atoms with van der Waals surface area (Å²) < 4.78 is 5.25. The molecular formula is C15H20N4O. The van der Waals surface area contributed by atoms with Crippen LogP contribution in [0.25, 0.3) is 11.5 Å². The minimum absolute atomic E-state index is 0.375. The predicted molar refractivity (Wildman–Crippen MR) is 77.3 cm³/mol. The van der Waals surface area contributed by atoms with Gasteiger partial charge in [-0.05, 0) is 37.3 Å². The minimum Gasteiger partial charge on any atom is -0.369 e. The van der Waals surface area contributed by atoms with E-state index in [0.717, 1.165) is 17.9 Å². The second-order valence-corrected chi connectivity index (χ2v) is 5.92. The number of rotatable bonds is 4. The Morgan fingerprint density at radius 2 is 2.15 bits per heavy atom. The van der Waals surface area contributed by atoms with Gasteiger partial charge in [0.1, 0.15) is 5.82 Å². The molecule has 2 aromatic rings. The van der Waals surface area contributed by atoms with E-state index in [9.17, 15) is 0 Å². The molecule has 2 aromatic heterocycles. The molecule has 5 heteroatoms. The average molecular weight is 272 g/mol. The van der Waals surface area contributed by atoms with Crippen LogP contribution in [0.1, 0.15) is 38.4 Å². The fourth-order valence-electron chi connectivity index (χ4n) is 2.83. The Balaban J connectivity index is 1.79. The van der Waals surface area contributed by atoms with E-state index < -0.39 is 0 Å². The molecule has 106 valence electrons. The second kappa shape index (κ2) is 5.23. The van der Waals surface area contributed by atoms with Gasteiger partial charge in [-0.2, -0.15) is 4.98 Å². The lowest BCUT2D eigenvalue weighted by Crippen LogP contribution is -2.23. The molecule has 0 saturated heterocycles. The molecule has 1 fully saturated rings. The highest BCUT2D eigenvalue weighted by atomic mass is 16.5. The van der Waals surface area contributed by atoms with E-state index in [0.29, 0.717) is 17.1 Å². The topological polar surface area (TPSA) is 63.8 Å². The molecule has 20 heavy (non-hydrogen) atoms. The molecule has 1 aliphatic rings. The van der Waals surface area contributed by atoms with E-state index in [-0.39, 0.29) is 0 Å². The summed E-state index contributed by atoms with van der Waals surface area (Å²) in [5.74, 6) is 1.98. The van der Waals surface area contributed by atoms with E-state index in [2.05, 4.69) is 27.4 Å². The summed E-state index contributed by atoms with van der Waals surface area (Å²) in [7, 11) is 0. The highest BCUT2D eigenvalue weighted by Crippen LogP contribution is 2.38. The van der Waals surface area contributed by atoms with Crippen molar-refractivity contribution < 1.29 is 4.52 Å². The van der Waals surface area contributed by atoms with Gasteiger partial charge < -0.3 is 9.84 Å². The van der Waals surface area contributed by atoms with E-state index in [1.165, 1.54) is 25.7 Å². The largest absolute Gasteiger partial charge is 0.369 e. The molecular weight excluding hydrogens is 252 g/mol. The predicted octanol–water partition coefficient (Wildman–Crippen LogP) is 3.43. The maximum Gasteiger partial charge on any atom is 0.261 e. The van der Waals surface area contributed by atoms with Gasteiger partial charge in [-0.1, -0.05) is 24.9 Å². The van der Waals surface area contributed by atoms with Crippen molar-refractivity contribution in [2.45, 2.75) is 39.5 Å². The molecule has 2 heterocycles. The number of pyridine rings is 1. The molecule has 0 aromatic carbocycles. The van der Waals surface area contributed by atoms with Crippen LogP contribution < -0.4 is 5.32 Å². The van der Waals surface area contributed by atoms with Gasteiger partial charge in [0.15, 0.2) is 5.82 Å². The van der Waals surface area contributed by atoms with Crippen LogP contribution in [-0.4, -0.2) is 21.7 Å². The standard InChI is InChI=1S/C15H20N4O/c1-11-18-14(20-19-11)12-6-5-9-16-13(12)17-10-15(2)7-3-4-8-15/h5-6,9H,3-4,7-8,10H2,1-2H3,(H,16,17). The Labute approximate surface area is 118 Å². The van der Waals surface area contributed by atoms with Crippen molar-refractivity contribution in [1.82, 2.24) is 15.1 Å². The van der Waals surface area contributed by atoms with Crippen LogP contribution in [0.2, 0.25) is 0 Å². The number of aromatic nitrogens is 3. The molecule has 0 aliphatic heterocycles. The van der Waals surface area contributed by atoms with Crippen molar-refractivity contribution >= 4 is 5.82 Å². The van der Waals surface area contributed by atoms with Gasteiger partial charge in [0.05, 0.1) is 5.56 Å². The number of nitrogens with zero attached hydrogens (tertiary/aromatic N) is 3. The van der Waals surface area contributed by atoms with Crippen LogP contribution >= 0.6 is 0 Å². The Kier molecular flexibility index (Phi) is 3.42. The van der Waals surface area contributed by atoms with Gasteiger partial charge in [-0.25, -0.2) is 4.98 Å². The minimum atomic E-state index is 0.375. The Hall–Kier alpha value is -1.91. The number of nitrogens with one attached hydrogen (secondary N) is 1. The van der Waals surface area contributed by atoms with E-state index in [4.69, 9.17) is 4.52 Å². The van der Waals surface area contributed by atoms with Gasteiger partial charge in [-0.15, -0.1) is 0 Å². The van der Waals surface area contributed by atoms with Crippen molar-refractivity contribution in [3.05, 3.63) is 24.2 Å². The highest BCUT2D eigenvalue weighted by molar-refractivity contribution is 5.68. The van der Waals surface area contributed by atoms with Crippen LogP contribution in [0.5, 0.6) is 0 Å². The Morgan fingerprint density at radius 3 is 2.85 bits per heavy atom. The van der Waals surface area contributed by atoms with Gasteiger partial charge in [0.2, 0.25) is 0 Å². The summed E-state index contributed by atoms with van der Waals surface area (Å²) in [6.07, 6.45) is 7.00. The normalized spacial score (nSPS) is 17.3. The number of anilines is 1. The van der Waals surface area contributed by atoms with E-state index >= 15 is 0 Å². The summed E-state index contributed by atoms with van der Waals surface area (Å²) in [6, 6.07) is 3.84. The first kappa shape index (κ1) is 13.1. The summed E-state index contributed by atoms with van der Waals surface area (Å²) in [5, 5.41) is 7.31. The smallest absolute Gasteiger partial charge is 0.261 e. The van der Waals surface area contributed by atoms with Crippen molar-refractivity contribution in [2.75, 3.05) is 11.9 Å². The van der Waals surface area contributed by atoms with E-state index in [1.807, 2.05) is 19.1 Å². The van der Waals surface area contributed by atoms with Crippen molar-refractivity contribution in [1.29, 1.82) is 0 Å². The third kappa shape index (κ3) is 2.66. The molecule has 0 amide bonds. The molecule has 1 N–H and O–H groups in total. The third-order valence-corrected chi connectivity index (χ3v) is 4.06. The fraction of sp³-hybridized carbons (Fsp3) is 0.533. The van der Waals surface area contributed by atoms with Gasteiger partial charge in [0, 0.05) is 12.7 Å². The first-order valence-electron chi connectivity index (χ1n) is 7.16. The first-order valence-corrected chi connectivity index (χ1v) is 7.16. The summed E-state index contributed by atoms with van der Waals surface area (Å²) >= 11 is 0. The Morgan fingerprint density at radius 1 is 1.35 bits per heavy atom. The Bertz CT molecular complexity index is 587. The summed E-state index contributed by atoms with van der Waals surface area (Å²) in [5.41, 5.74) is 1.24.